The molecule has 0 aliphatic carbocycles. The number of rotatable bonds is 5. The fourth-order valence-corrected chi connectivity index (χ4v) is 1.86. The van der Waals surface area contributed by atoms with E-state index in [1.165, 1.54) is 12.1 Å². The van der Waals surface area contributed by atoms with Crippen molar-refractivity contribution in [3.63, 3.8) is 0 Å². The molecule has 0 heterocycles. The van der Waals surface area contributed by atoms with E-state index in [9.17, 15) is 13.2 Å². The Balaban J connectivity index is 2.56. The van der Waals surface area contributed by atoms with Crippen LogP contribution in [0, 0.1) is 12.8 Å². The number of carbonyl (C=O) groups excluding carboxylic acids is 1. The summed E-state index contributed by atoms with van der Waals surface area (Å²) in [4.78, 5) is 11.1. The molecule has 0 aliphatic rings. The second-order valence-corrected chi connectivity index (χ2v) is 5.99. The third-order valence-corrected chi connectivity index (χ3v) is 3.24. The highest BCUT2D eigenvalue weighted by Crippen LogP contribution is 2.12. The van der Waals surface area contributed by atoms with Crippen molar-refractivity contribution >= 4 is 16.2 Å². The molecule has 1 aromatic carbocycles. The van der Waals surface area contributed by atoms with Gasteiger partial charge in [0.25, 0.3) is 0 Å². The highest BCUT2D eigenvalue weighted by atomic mass is 32.2. The molecule has 0 atom stereocenters. The van der Waals surface area contributed by atoms with Crippen LogP contribution in [-0.2, 0) is 19.1 Å². The van der Waals surface area contributed by atoms with E-state index in [1.807, 2.05) is 20.8 Å². The lowest BCUT2D eigenvalue weighted by molar-refractivity contribution is 0.0933. The average Bonchev–Trinajstić information content (AvgIpc) is 2.34. The third kappa shape index (κ3) is 5.27. The summed E-state index contributed by atoms with van der Waals surface area (Å²) in [5.41, 5.74) is 2.66. The first kappa shape index (κ1) is 15.5. The van der Waals surface area contributed by atoms with Crippen LogP contribution in [0.3, 0.4) is 0 Å². The van der Waals surface area contributed by atoms with Crippen molar-refractivity contribution in [1.82, 2.24) is 5.48 Å². The van der Waals surface area contributed by atoms with Crippen molar-refractivity contribution in [2.45, 2.75) is 25.7 Å². The number of nitrogens with one attached hydrogen (secondary N) is 1. The molecule has 1 amide bonds. The van der Waals surface area contributed by atoms with Crippen LogP contribution in [0.5, 0.6) is 0 Å². The van der Waals surface area contributed by atoms with Crippen molar-refractivity contribution < 1.29 is 22.2 Å². The van der Waals surface area contributed by atoms with E-state index in [1.54, 1.807) is 17.6 Å². The Kier molecular flexibility index (Phi) is 5.31. The lowest BCUT2D eigenvalue weighted by Crippen LogP contribution is -2.28. The van der Waals surface area contributed by atoms with Crippen LogP contribution >= 0.6 is 0 Å². The van der Waals surface area contributed by atoms with E-state index in [0.29, 0.717) is 0 Å². The SMILES string of the molecule is Cc1ccc(S(=O)(=O)ONC(=O)OCC(C)C)cc1. The van der Waals surface area contributed by atoms with Gasteiger partial charge in [-0.2, -0.15) is 13.9 Å². The van der Waals surface area contributed by atoms with Gasteiger partial charge >= 0.3 is 16.2 Å². The first-order chi connectivity index (χ1) is 8.81. The minimum Gasteiger partial charge on any atom is -0.448 e. The van der Waals surface area contributed by atoms with E-state index < -0.39 is 16.2 Å². The van der Waals surface area contributed by atoms with Gasteiger partial charge in [-0.3, -0.25) is 0 Å². The van der Waals surface area contributed by atoms with Gasteiger partial charge < -0.3 is 4.74 Å². The number of hydrogen-bond donors (Lipinski definition) is 1. The van der Waals surface area contributed by atoms with Crippen molar-refractivity contribution in [3.05, 3.63) is 29.8 Å². The molecule has 0 radical (unpaired) electrons. The molecule has 0 aromatic heterocycles. The minimum absolute atomic E-state index is 0.0396. The number of aryl methyl sites for hydroxylation is 1. The maximum atomic E-state index is 11.7. The zero-order valence-corrected chi connectivity index (χ0v) is 11.9. The van der Waals surface area contributed by atoms with Crippen LogP contribution in [0.1, 0.15) is 19.4 Å². The minimum atomic E-state index is -4.02. The van der Waals surface area contributed by atoms with Gasteiger partial charge in [0, 0.05) is 0 Å². The van der Waals surface area contributed by atoms with Crippen molar-refractivity contribution in [3.8, 4) is 0 Å². The Bertz CT molecular complexity index is 522. The third-order valence-electron chi connectivity index (χ3n) is 2.09. The maximum absolute atomic E-state index is 11.7. The summed E-state index contributed by atoms with van der Waals surface area (Å²) in [7, 11) is -4.02. The molecule has 0 bridgehead atoms. The number of benzene rings is 1. The van der Waals surface area contributed by atoms with E-state index in [0.717, 1.165) is 5.56 Å². The average molecular weight is 287 g/mol. The Labute approximate surface area is 112 Å². The highest BCUT2D eigenvalue weighted by Gasteiger charge is 2.17. The zero-order chi connectivity index (χ0) is 14.5. The lowest BCUT2D eigenvalue weighted by Gasteiger charge is -2.09. The van der Waals surface area contributed by atoms with Gasteiger partial charge in [0.05, 0.1) is 11.5 Å². The topological polar surface area (TPSA) is 81.7 Å². The van der Waals surface area contributed by atoms with Crippen molar-refractivity contribution in [2.24, 2.45) is 5.92 Å². The summed E-state index contributed by atoms with van der Waals surface area (Å²) in [5.74, 6) is 0.152. The Morgan fingerprint density at radius 2 is 1.84 bits per heavy atom. The smallest absolute Gasteiger partial charge is 0.432 e. The van der Waals surface area contributed by atoms with Crippen LogP contribution in [0.25, 0.3) is 0 Å². The molecule has 0 spiro atoms. The van der Waals surface area contributed by atoms with E-state index in [2.05, 4.69) is 4.28 Å². The normalized spacial score (nSPS) is 11.4. The fraction of sp³-hybridized carbons (Fsp3) is 0.417. The van der Waals surface area contributed by atoms with Gasteiger partial charge in [0.1, 0.15) is 0 Å². The lowest BCUT2D eigenvalue weighted by atomic mass is 10.2. The molecule has 6 nitrogen and oxygen atoms in total. The quantitative estimate of drug-likeness (QED) is 0.838. The van der Waals surface area contributed by atoms with Crippen LogP contribution in [0.15, 0.2) is 29.2 Å². The van der Waals surface area contributed by atoms with E-state index in [4.69, 9.17) is 4.74 Å². The van der Waals surface area contributed by atoms with Crippen LogP contribution in [-0.4, -0.2) is 21.1 Å². The zero-order valence-electron chi connectivity index (χ0n) is 11.0. The standard InChI is InChI=1S/C12H17NO5S/c1-9(2)8-17-12(14)13-18-19(15,16)11-6-4-10(3)5-7-11/h4-7,9H,8H2,1-3H3,(H,13,14). The summed E-state index contributed by atoms with van der Waals surface area (Å²) < 4.78 is 32.5. The van der Waals surface area contributed by atoms with Crippen LogP contribution < -0.4 is 5.48 Å². The van der Waals surface area contributed by atoms with Crippen molar-refractivity contribution in [1.29, 1.82) is 0 Å². The fourth-order valence-electron chi connectivity index (χ4n) is 1.11. The first-order valence-electron chi connectivity index (χ1n) is 5.74. The molecule has 1 N–H and O–H groups in total. The molecule has 0 saturated carbocycles. The molecular weight excluding hydrogens is 270 g/mol. The molecule has 106 valence electrons. The van der Waals surface area contributed by atoms with Gasteiger partial charge in [-0.05, 0) is 25.0 Å². The summed E-state index contributed by atoms with van der Waals surface area (Å²) in [6.45, 7) is 5.73. The van der Waals surface area contributed by atoms with Crippen LogP contribution in [0.2, 0.25) is 0 Å². The largest absolute Gasteiger partial charge is 0.448 e. The molecule has 7 heteroatoms. The van der Waals surface area contributed by atoms with Gasteiger partial charge in [0.15, 0.2) is 0 Å². The molecular formula is C12H17NO5S. The Hall–Kier alpha value is -1.60. The van der Waals surface area contributed by atoms with Gasteiger partial charge in [-0.1, -0.05) is 31.5 Å². The molecule has 0 saturated heterocycles. The van der Waals surface area contributed by atoms with Crippen LogP contribution in [0.4, 0.5) is 4.79 Å². The summed E-state index contributed by atoms with van der Waals surface area (Å²) in [6.07, 6.45) is -0.940. The Morgan fingerprint density at radius 1 is 1.26 bits per heavy atom. The second kappa shape index (κ2) is 6.53. The van der Waals surface area contributed by atoms with Crippen molar-refractivity contribution in [2.75, 3.05) is 6.61 Å². The molecule has 0 aliphatic heterocycles. The molecule has 19 heavy (non-hydrogen) atoms. The number of ether oxygens (including phenoxy) is 1. The number of hydroxylamine groups is 1. The summed E-state index contributed by atoms with van der Waals surface area (Å²) in [6, 6.07) is 6.05. The number of hydrogen-bond acceptors (Lipinski definition) is 5. The van der Waals surface area contributed by atoms with Gasteiger partial charge in [-0.25, -0.2) is 4.79 Å². The molecule has 0 fully saturated rings. The van der Waals surface area contributed by atoms with E-state index in [-0.39, 0.29) is 17.4 Å². The van der Waals surface area contributed by atoms with Gasteiger partial charge in [0.2, 0.25) is 0 Å². The molecule has 1 aromatic rings. The highest BCUT2D eigenvalue weighted by molar-refractivity contribution is 7.86. The predicted molar refractivity (Wildman–Crippen MR) is 68.8 cm³/mol. The molecule has 1 rings (SSSR count). The van der Waals surface area contributed by atoms with E-state index >= 15 is 0 Å². The summed E-state index contributed by atoms with van der Waals surface area (Å²) >= 11 is 0. The van der Waals surface area contributed by atoms with Gasteiger partial charge in [-0.15, -0.1) is 4.28 Å². The predicted octanol–water partition coefficient (Wildman–Crippen LogP) is 2.00. The number of carbonyl (C=O) groups is 1. The number of amides is 1. The Morgan fingerprint density at radius 3 is 2.37 bits per heavy atom. The second-order valence-electron chi connectivity index (χ2n) is 4.44. The maximum Gasteiger partial charge on any atom is 0.432 e. The summed E-state index contributed by atoms with van der Waals surface area (Å²) in [5, 5.41) is 0. The molecule has 0 unspecified atom stereocenters. The monoisotopic (exact) mass is 287 g/mol. The first-order valence-corrected chi connectivity index (χ1v) is 7.15.